The quantitative estimate of drug-likeness (QED) is 0.650. The van der Waals surface area contributed by atoms with Gasteiger partial charge >= 0.3 is 5.97 Å². The first kappa shape index (κ1) is 9.85. The number of aliphatic hydroxyl groups excluding tert-OH is 1. The molecule has 1 aliphatic heterocycles. The summed E-state index contributed by atoms with van der Waals surface area (Å²) in [7, 11) is 0. The molecular weight excluding hydrogens is 172 g/mol. The molecule has 0 aromatic carbocycles. The Labute approximate surface area is 76.1 Å². The number of rotatable bonds is 2. The van der Waals surface area contributed by atoms with Gasteiger partial charge in [-0.05, 0) is 13.8 Å². The van der Waals surface area contributed by atoms with Crippen LogP contribution in [0.3, 0.4) is 0 Å². The van der Waals surface area contributed by atoms with Gasteiger partial charge in [0.2, 0.25) is 5.72 Å². The van der Waals surface area contributed by atoms with Crippen LogP contribution >= 0.6 is 0 Å². The number of carbonyl (C=O) groups excluding carboxylic acids is 1. The van der Waals surface area contributed by atoms with E-state index in [9.17, 15) is 4.79 Å². The molecule has 0 spiro atoms. The summed E-state index contributed by atoms with van der Waals surface area (Å²) in [6, 6.07) is 0. The van der Waals surface area contributed by atoms with Crippen LogP contribution in [0.25, 0.3) is 0 Å². The molecule has 0 radical (unpaired) electrons. The summed E-state index contributed by atoms with van der Waals surface area (Å²) in [4.78, 5) is 11.0. The number of nitrogens with zero attached hydrogens (tertiary/aromatic N) is 2. The Balaban J connectivity index is 2.69. The monoisotopic (exact) mass is 184 g/mol. The van der Waals surface area contributed by atoms with Crippen molar-refractivity contribution in [2.24, 2.45) is 10.2 Å². The van der Waals surface area contributed by atoms with Crippen molar-refractivity contribution in [3.05, 3.63) is 11.8 Å². The Bertz CT molecular complexity index is 283. The first-order valence-electron chi connectivity index (χ1n) is 3.96. The van der Waals surface area contributed by atoms with Crippen LogP contribution in [0.5, 0.6) is 0 Å². The van der Waals surface area contributed by atoms with Crippen LogP contribution in [0.1, 0.15) is 20.8 Å². The zero-order chi connectivity index (χ0) is 10.1. The minimum atomic E-state index is -1.14. The van der Waals surface area contributed by atoms with Crippen LogP contribution in [0.15, 0.2) is 22.0 Å². The Morgan fingerprint density at radius 3 is 2.77 bits per heavy atom. The molecule has 13 heavy (non-hydrogen) atoms. The van der Waals surface area contributed by atoms with Gasteiger partial charge in [0.15, 0.2) is 0 Å². The van der Waals surface area contributed by atoms with Crippen LogP contribution in [-0.2, 0) is 9.53 Å². The molecule has 5 nitrogen and oxygen atoms in total. The fraction of sp³-hybridized carbons (Fsp3) is 0.625. The summed E-state index contributed by atoms with van der Waals surface area (Å²) in [5.41, 5.74) is -0.296. The van der Waals surface area contributed by atoms with E-state index < -0.39 is 17.8 Å². The van der Waals surface area contributed by atoms with Gasteiger partial charge in [0.1, 0.15) is 6.10 Å². The average Bonchev–Trinajstić information content (AvgIpc) is 2.32. The van der Waals surface area contributed by atoms with Crippen molar-refractivity contribution >= 4 is 5.97 Å². The molecule has 0 aliphatic carbocycles. The molecule has 1 rings (SSSR count). The van der Waals surface area contributed by atoms with Crippen LogP contribution in [0.4, 0.5) is 0 Å². The maximum Gasteiger partial charge on any atom is 0.337 e. The molecule has 5 heteroatoms. The number of esters is 1. The van der Waals surface area contributed by atoms with E-state index in [0.717, 1.165) is 5.57 Å². The van der Waals surface area contributed by atoms with Gasteiger partial charge in [0, 0.05) is 12.5 Å². The van der Waals surface area contributed by atoms with Gasteiger partial charge < -0.3 is 9.84 Å². The van der Waals surface area contributed by atoms with Gasteiger partial charge in [-0.3, -0.25) is 0 Å². The van der Waals surface area contributed by atoms with Crippen molar-refractivity contribution in [1.29, 1.82) is 0 Å². The van der Waals surface area contributed by atoms with E-state index >= 15 is 0 Å². The maximum absolute atomic E-state index is 11.0. The highest BCUT2D eigenvalue weighted by molar-refractivity contribution is 5.74. The molecule has 0 amide bonds. The molecule has 0 aromatic heterocycles. The summed E-state index contributed by atoms with van der Waals surface area (Å²) in [6.45, 7) is 4.72. The number of hydrogen-bond acceptors (Lipinski definition) is 5. The molecule has 0 fully saturated rings. The van der Waals surface area contributed by atoms with Crippen LogP contribution < -0.4 is 0 Å². The molecule has 1 aliphatic rings. The topological polar surface area (TPSA) is 71.2 Å². The average molecular weight is 184 g/mol. The van der Waals surface area contributed by atoms with Crippen LogP contribution in [0.2, 0.25) is 0 Å². The van der Waals surface area contributed by atoms with E-state index in [-0.39, 0.29) is 0 Å². The molecule has 2 atom stereocenters. The first-order chi connectivity index (χ1) is 5.96. The Hall–Kier alpha value is -1.23. The number of carbonyl (C=O) groups is 1. The highest BCUT2D eigenvalue weighted by Gasteiger charge is 2.34. The number of hydrogen-bond donors (Lipinski definition) is 1. The largest absolute Gasteiger partial charge is 0.430 e. The number of ether oxygens (including phenoxy) is 1. The van der Waals surface area contributed by atoms with E-state index in [1.54, 1.807) is 13.8 Å². The summed E-state index contributed by atoms with van der Waals surface area (Å²) < 4.78 is 4.95. The van der Waals surface area contributed by atoms with E-state index in [0.29, 0.717) is 0 Å². The fourth-order valence-corrected chi connectivity index (χ4v) is 0.806. The lowest BCUT2D eigenvalue weighted by molar-refractivity contribution is -0.163. The first-order valence-corrected chi connectivity index (χ1v) is 3.96. The second kappa shape index (κ2) is 3.26. The standard InChI is InChI=1S/C8H12N2O3/c1-5-4-9-10-8(5,3)13-7(12)6(2)11/h4,6,11H,1-3H3. The molecule has 1 heterocycles. The summed E-state index contributed by atoms with van der Waals surface area (Å²) in [5.74, 6) is -0.698. The lowest BCUT2D eigenvalue weighted by Gasteiger charge is -2.22. The lowest BCUT2D eigenvalue weighted by atomic mass is 10.1. The van der Waals surface area contributed by atoms with Gasteiger partial charge in [-0.2, -0.15) is 5.11 Å². The van der Waals surface area contributed by atoms with Gasteiger partial charge in [-0.1, -0.05) is 0 Å². The summed E-state index contributed by atoms with van der Waals surface area (Å²) in [5, 5.41) is 16.3. The van der Waals surface area contributed by atoms with Crippen LogP contribution in [-0.4, -0.2) is 22.9 Å². The fourth-order valence-electron chi connectivity index (χ4n) is 0.806. The lowest BCUT2D eigenvalue weighted by Crippen LogP contribution is -2.33. The third-order valence-electron chi connectivity index (χ3n) is 1.87. The van der Waals surface area contributed by atoms with Crippen molar-refractivity contribution in [3.8, 4) is 0 Å². The number of aliphatic hydroxyl groups is 1. The number of azo groups is 1. The second-order valence-corrected chi connectivity index (χ2v) is 3.11. The molecule has 0 saturated carbocycles. The third kappa shape index (κ3) is 1.92. The van der Waals surface area contributed by atoms with Crippen molar-refractivity contribution in [2.45, 2.75) is 32.6 Å². The molecule has 0 aromatic rings. The molecule has 72 valence electrons. The predicted octanol–water partition coefficient (Wildman–Crippen LogP) is 0.996. The molecule has 2 unspecified atom stereocenters. The SMILES string of the molecule is CC1=CN=NC1(C)OC(=O)C(C)O. The minimum absolute atomic E-state index is 0.698. The van der Waals surface area contributed by atoms with Crippen molar-refractivity contribution in [2.75, 3.05) is 0 Å². The second-order valence-electron chi connectivity index (χ2n) is 3.11. The van der Waals surface area contributed by atoms with Crippen molar-refractivity contribution in [1.82, 2.24) is 0 Å². The zero-order valence-electron chi connectivity index (χ0n) is 7.81. The van der Waals surface area contributed by atoms with Crippen LogP contribution in [0, 0.1) is 0 Å². The predicted molar refractivity (Wildman–Crippen MR) is 44.8 cm³/mol. The van der Waals surface area contributed by atoms with Gasteiger partial charge in [0.05, 0.1) is 6.20 Å². The smallest absolute Gasteiger partial charge is 0.337 e. The van der Waals surface area contributed by atoms with E-state index in [1.165, 1.54) is 13.1 Å². The van der Waals surface area contributed by atoms with E-state index in [4.69, 9.17) is 9.84 Å². The molecule has 0 bridgehead atoms. The third-order valence-corrected chi connectivity index (χ3v) is 1.87. The maximum atomic E-state index is 11.0. The highest BCUT2D eigenvalue weighted by Crippen LogP contribution is 2.28. The Morgan fingerprint density at radius 1 is 1.77 bits per heavy atom. The molecule has 0 saturated heterocycles. The zero-order valence-corrected chi connectivity index (χ0v) is 7.81. The van der Waals surface area contributed by atoms with Gasteiger partial charge in [-0.15, -0.1) is 5.11 Å². The van der Waals surface area contributed by atoms with Gasteiger partial charge in [-0.25, -0.2) is 4.79 Å². The van der Waals surface area contributed by atoms with Gasteiger partial charge in [0.25, 0.3) is 0 Å². The molecular formula is C8H12N2O3. The minimum Gasteiger partial charge on any atom is -0.430 e. The Morgan fingerprint density at radius 2 is 2.38 bits per heavy atom. The van der Waals surface area contributed by atoms with Crippen molar-refractivity contribution in [3.63, 3.8) is 0 Å². The summed E-state index contributed by atoms with van der Waals surface area (Å²) >= 11 is 0. The van der Waals surface area contributed by atoms with E-state index in [1.807, 2.05) is 0 Å². The normalized spacial score (nSPS) is 28.5. The van der Waals surface area contributed by atoms with E-state index in [2.05, 4.69) is 10.2 Å². The molecule has 1 N–H and O–H groups in total. The Kier molecular flexibility index (Phi) is 2.47. The van der Waals surface area contributed by atoms with Crippen molar-refractivity contribution < 1.29 is 14.6 Å². The highest BCUT2D eigenvalue weighted by atomic mass is 16.6. The summed E-state index contributed by atoms with van der Waals surface area (Å²) in [6.07, 6.45) is 0.385.